The minimum atomic E-state index is -0.0214. The van der Waals surface area contributed by atoms with Gasteiger partial charge in [-0.25, -0.2) is 0 Å². The van der Waals surface area contributed by atoms with Crippen molar-refractivity contribution < 1.29 is 9.59 Å². The Morgan fingerprint density at radius 3 is 2.64 bits per heavy atom. The van der Waals surface area contributed by atoms with Gasteiger partial charge < -0.3 is 15.6 Å². The number of fused-ring (bicyclic) bond motifs is 1. The van der Waals surface area contributed by atoms with Crippen molar-refractivity contribution in [1.82, 2.24) is 10.2 Å². The minimum absolute atomic E-state index is 0.0214. The van der Waals surface area contributed by atoms with Crippen LogP contribution in [-0.2, 0) is 6.42 Å². The van der Waals surface area contributed by atoms with Crippen LogP contribution in [0, 0.1) is 11.3 Å². The first kappa shape index (κ1) is 19.2. The van der Waals surface area contributed by atoms with E-state index >= 15 is 0 Å². The third-order valence-electron chi connectivity index (χ3n) is 6.82. The van der Waals surface area contributed by atoms with Crippen molar-refractivity contribution in [3.63, 3.8) is 0 Å². The SMILES string of the molecule is C[C@H](CC(=N)C1CCC1)N1CCc2cc(C(=O)NC3CCCC3)ccc2C1=O. The molecule has 2 N–H and O–H groups in total. The van der Waals surface area contributed by atoms with Gasteiger partial charge in [-0.05, 0) is 68.7 Å². The van der Waals surface area contributed by atoms with Gasteiger partial charge in [-0.15, -0.1) is 0 Å². The van der Waals surface area contributed by atoms with E-state index in [0.717, 1.165) is 43.4 Å². The summed E-state index contributed by atoms with van der Waals surface area (Å²) >= 11 is 0. The van der Waals surface area contributed by atoms with E-state index < -0.39 is 0 Å². The number of hydrogen-bond donors (Lipinski definition) is 2. The molecule has 2 amide bonds. The van der Waals surface area contributed by atoms with E-state index in [-0.39, 0.29) is 17.9 Å². The molecule has 2 aliphatic carbocycles. The molecule has 2 saturated carbocycles. The van der Waals surface area contributed by atoms with E-state index in [0.29, 0.717) is 36.1 Å². The Labute approximate surface area is 167 Å². The smallest absolute Gasteiger partial charge is 0.254 e. The topological polar surface area (TPSA) is 73.3 Å². The number of rotatable bonds is 6. The predicted molar refractivity (Wildman–Crippen MR) is 110 cm³/mol. The van der Waals surface area contributed by atoms with Crippen molar-refractivity contribution >= 4 is 17.5 Å². The van der Waals surface area contributed by atoms with Crippen LogP contribution in [0.15, 0.2) is 18.2 Å². The van der Waals surface area contributed by atoms with Crippen LogP contribution in [0.5, 0.6) is 0 Å². The van der Waals surface area contributed by atoms with Crippen LogP contribution in [-0.4, -0.2) is 41.1 Å². The fraction of sp³-hybridized carbons (Fsp3) is 0.609. The summed E-state index contributed by atoms with van der Waals surface area (Å²) in [7, 11) is 0. The van der Waals surface area contributed by atoms with E-state index in [2.05, 4.69) is 12.2 Å². The first-order chi connectivity index (χ1) is 13.5. The average Bonchev–Trinajstić information content (AvgIpc) is 3.13. The average molecular weight is 382 g/mol. The molecule has 1 heterocycles. The molecular weight excluding hydrogens is 350 g/mol. The van der Waals surface area contributed by atoms with Gasteiger partial charge in [0.2, 0.25) is 0 Å². The summed E-state index contributed by atoms with van der Waals surface area (Å²) in [6.07, 6.45) is 9.46. The van der Waals surface area contributed by atoms with Crippen LogP contribution >= 0.6 is 0 Å². The van der Waals surface area contributed by atoms with Crippen molar-refractivity contribution in [1.29, 1.82) is 5.41 Å². The number of hydrogen-bond acceptors (Lipinski definition) is 3. The van der Waals surface area contributed by atoms with Gasteiger partial charge in [-0.1, -0.05) is 19.3 Å². The Morgan fingerprint density at radius 2 is 1.96 bits per heavy atom. The molecule has 4 rings (SSSR count). The quantitative estimate of drug-likeness (QED) is 0.732. The number of carbonyl (C=O) groups excluding carboxylic acids is 2. The molecular formula is C23H31N3O2. The molecule has 1 aliphatic heterocycles. The lowest BCUT2D eigenvalue weighted by molar-refractivity contribution is 0.0677. The summed E-state index contributed by atoms with van der Waals surface area (Å²) < 4.78 is 0. The zero-order chi connectivity index (χ0) is 19.7. The number of nitrogens with one attached hydrogen (secondary N) is 2. The molecule has 0 aromatic heterocycles. The number of carbonyl (C=O) groups is 2. The molecule has 0 saturated heterocycles. The Balaban J connectivity index is 1.41. The first-order valence-electron chi connectivity index (χ1n) is 10.8. The third kappa shape index (κ3) is 3.85. The van der Waals surface area contributed by atoms with Crippen molar-refractivity contribution in [2.75, 3.05) is 6.54 Å². The van der Waals surface area contributed by atoms with Crippen LogP contribution in [0.1, 0.15) is 84.6 Å². The maximum absolute atomic E-state index is 13.0. The van der Waals surface area contributed by atoms with Gasteiger partial charge in [0.1, 0.15) is 0 Å². The summed E-state index contributed by atoms with van der Waals surface area (Å²) in [6.45, 7) is 2.72. The number of amides is 2. The van der Waals surface area contributed by atoms with Crippen molar-refractivity contribution in [3.8, 4) is 0 Å². The lowest BCUT2D eigenvalue weighted by Crippen LogP contribution is -2.45. The molecule has 0 radical (unpaired) electrons. The Hall–Kier alpha value is -2.17. The fourth-order valence-electron chi connectivity index (χ4n) is 4.76. The van der Waals surface area contributed by atoms with Gasteiger partial charge >= 0.3 is 0 Å². The van der Waals surface area contributed by atoms with Gasteiger partial charge in [0.15, 0.2) is 0 Å². The number of benzene rings is 1. The van der Waals surface area contributed by atoms with Gasteiger partial charge in [-0.3, -0.25) is 9.59 Å². The zero-order valence-electron chi connectivity index (χ0n) is 16.8. The van der Waals surface area contributed by atoms with E-state index in [1.807, 2.05) is 17.0 Å². The van der Waals surface area contributed by atoms with Crippen molar-refractivity contribution in [3.05, 3.63) is 34.9 Å². The Bertz CT molecular complexity index is 778. The van der Waals surface area contributed by atoms with E-state index in [9.17, 15) is 9.59 Å². The minimum Gasteiger partial charge on any atom is -0.349 e. The third-order valence-corrected chi connectivity index (χ3v) is 6.82. The van der Waals surface area contributed by atoms with E-state index in [1.54, 1.807) is 6.07 Å². The van der Waals surface area contributed by atoms with Gasteiger partial charge in [0, 0.05) is 41.9 Å². The van der Waals surface area contributed by atoms with Gasteiger partial charge in [-0.2, -0.15) is 0 Å². The van der Waals surface area contributed by atoms with Crippen LogP contribution in [0.3, 0.4) is 0 Å². The van der Waals surface area contributed by atoms with Crippen LogP contribution in [0.2, 0.25) is 0 Å². The van der Waals surface area contributed by atoms with E-state index in [1.165, 1.54) is 19.3 Å². The molecule has 2 fully saturated rings. The Morgan fingerprint density at radius 1 is 1.21 bits per heavy atom. The maximum Gasteiger partial charge on any atom is 0.254 e. The summed E-state index contributed by atoms with van der Waals surface area (Å²) in [4.78, 5) is 27.4. The largest absolute Gasteiger partial charge is 0.349 e. The molecule has 5 nitrogen and oxygen atoms in total. The zero-order valence-corrected chi connectivity index (χ0v) is 16.8. The molecule has 0 bridgehead atoms. The monoisotopic (exact) mass is 381 g/mol. The summed E-state index contributed by atoms with van der Waals surface area (Å²) in [5.74, 6) is 0.459. The molecule has 28 heavy (non-hydrogen) atoms. The molecule has 150 valence electrons. The molecule has 5 heteroatoms. The van der Waals surface area contributed by atoms with Gasteiger partial charge in [0.25, 0.3) is 11.8 Å². The normalized spacial score (nSPS) is 21.2. The second-order valence-electron chi connectivity index (χ2n) is 8.78. The molecule has 0 spiro atoms. The predicted octanol–water partition coefficient (Wildman–Crippen LogP) is 3.96. The standard InChI is InChI=1S/C23H31N3O2/c1-15(13-21(24)16-5-4-6-16)26-12-11-17-14-18(9-10-20(17)23(26)28)22(27)25-19-7-2-3-8-19/h9-10,14-16,19,24H,2-8,11-13H2,1H3,(H,25,27)/t15-/m1/s1. The Kier molecular flexibility index (Phi) is 5.51. The summed E-state index contributed by atoms with van der Waals surface area (Å²) in [6, 6.07) is 5.85. The van der Waals surface area contributed by atoms with E-state index in [4.69, 9.17) is 5.41 Å². The highest BCUT2D eigenvalue weighted by Gasteiger charge is 2.31. The highest BCUT2D eigenvalue weighted by atomic mass is 16.2. The van der Waals surface area contributed by atoms with Crippen molar-refractivity contribution in [2.45, 2.75) is 76.8 Å². The second kappa shape index (κ2) is 8.06. The van der Waals surface area contributed by atoms with Gasteiger partial charge in [0.05, 0.1) is 0 Å². The number of nitrogens with zero attached hydrogens (tertiary/aromatic N) is 1. The highest BCUT2D eigenvalue weighted by Crippen LogP contribution is 2.30. The van der Waals surface area contributed by atoms with Crippen LogP contribution in [0.4, 0.5) is 0 Å². The molecule has 0 unspecified atom stereocenters. The molecule has 1 aromatic carbocycles. The van der Waals surface area contributed by atoms with Crippen LogP contribution < -0.4 is 5.32 Å². The highest BCUT2D eigenvalue weighted by molar-refractivity contribution is 6.00. The lowest BCUT2D eigenvalue weighted by atomic mass is 9.79. The first-order valence-corrected chi connectivity index (χ1v) is 10.8. The van der Waals surface area contributed by atoms with Crippen LogP contribution in [0.25, 0.3) is 0 Å². The lowest BCUT2D eigenvalue weighted by Gasteiger charge is -2.35. The van der Waals surface area contributed by atoms with Crippen molar-refractivity contribution in [2.24, 2.45) is 5.92 Å². The second-order valence-corrected chi connectivity index (χ2v) is 8.78. The summed E-state index contributed by atoms with van der Waals surface area (Å²) in [5, 5.41) is 11.4. The fourth-order valence-corrected chi connectivity index (χ4v) is 4.76. The molecule has 1 aromatic rings. The molecule has 1 atom stereocenters. The summed E-state index contributed by atoms with van der Waals surface area (Å²) in [5.41, 5.74) is 3.15. The molecule has 3 aliphatic rings. The maximum atomic E-state index is 13.0.